The third kappa shape index (κ3) is 2.69. The summed E-state index contributed by atoms with van der Waals surface area (Å²) < 4.78 is 0. The Bertz CT molecular complexity index is 143. The molecule has 12 heavy (non-hydrogen) atoms. The summed E-state index contributed by atoms with van der Waals surface area (Å²) >= 11 is 7.74. The number of hydrogen-bond donors (Lipinski definition) is 0. The van der Waals surface area contributed by atoms with E-state index in [1.165, 1.54) is 12.8 Å². The number of rotatable bonds is 4. The van der Waals surface area contributed by atoms with Crippen LogP contribution in [-0.2, 0) is 0 Å². The maximum atomic E-state index is 3.87. The molecule has 0 radical (unpaired) electrons. The molecule has 0 aromatic carbocycles. The van der Waals surface area contributed by atoms with Crippen molar-refractivity contribution in [3.05, 3.63) is 0 Å². The zero-order chi connectivity index (χ0) is 9.24. The normalized spacial score (nSPS) is 25.0. The maximum absolute atomic E-state index is 3.87. The van der Waals surface area contributed by atoms with Crippen LogP contribution >= 0.6 is 30.6 Å². The van der Waals surface area contributed by atoms with Gasteiger partial charge in [0.15, 0.2) is 5.31 Å². The van der Waals surface area contributed by atoms with Crippen molar-refractivity contribution in [2.24, 2.45) is 0 Å². The molecule has 0 spiro atoms. The molecule has 1 aliphatic heterocycles. The van der Waals surface area contributed by atoms with Gasteiger partial charge in [-0.3, -0.25) is 0 Å². The highest BCUT2D eigenvalue weighted by molar-refractivity contribution is 9.51. The molecule has 0 saturated carbocycles. The average molecular weight is 330 g/mol. The molecular formula is C8H18Br2Si2. The van der Waals surface area contributed by atoms with E-state index in [1.54, 1.807) is 23.4 Å². The van der Waals surface area contributed by atoms with Crippen molar-refractivity contribution in [2.75, 3.05) is 0 Å². The first kappa shape index (κ1) is 11.5. The second kappa shape index (κ2) is 4.28. The minimum Gasteiger partial charge on any atom is -0.112 e. The minimum atomic E-state index is -0.974. The first-order valence-corrected chi connectivity index (χ1v) is 14.7. The Labute approximate surface area is 93.7 Å². The highest BCUT2D eigenvalue weighted by atomic mass is 79.9. The van der Waals surface area contributed by atoms with Gasteiger partial charge in [0.05, 0.1) is 8.07 Å². The summed E-state index contributed by atoms with van der Waals surface area (Å²) in [5.41, 5.74) is 3.17. The van der Waals surface area contributed by atoms with Crippen LogP contribution in [0.2, 0.25) is 23.4 Å². The lowest BCUT2D eigenvalue weighted by Gasteiger charge is -2.48. The molecule has 1 rings (SSSR count). The van der Waals surface area contributed by atoms with E-state index in [2.05, 4.69) is 44.4 Å². The molecule has 0 nitrogen and oxygen atoms in total. The first-order valence-electron chi connectivity index (χ1n) is 4.91. The Balaban J connectivity index is 2.43. The van der Waals surface area contributed by atoms with Crippen LogP contribution in [0.3, 0.4) is 0 Å². The third-order valence-corrected chi connectivity index (χ3v) is 26.2. The van der Waals surface area contributed by atoms with E-state index in [4.69, 9.17) is 0 Å². The molecule has 0 aromatic heterocycles. The van der Waals surface area contributed by atoms with E-state index in [9.17, 15) is 0 Å². The summed E-state index contributed by atoms with van der Waals surface area (Å²) in [6, 6.07) is 3.15. The Morgan fingerprint density at radius 2 is 1.42 bits per heavy atom. The zero-order valence-corrected chi connectivity index (χ0v) is 13.2. The minimum absolute atomic E-state index is 0.710. The van der Waals surface area contributed by atoms with Gasteiger partial charge in [-0.2, -0.15) is 0 Å². The van der Waals surface area contributed by atoms with E-state index >= 15 is 0 Å². The van der Waals surface area contributed by atoms with Crippen molar-refractivity contribution in [1.29, 1.82) is 0 Å². The lowest BCUT2D eigenvalue weighted by molar-refractivity contribution is 0.961. The molecule has 1 saturated heterocycles. The van der Waals surface area contributed by atoms with Crippen LogP contribution in [0, 0.1) is 0 Å². The zero-order valence-electron chi connectivity index (χ0n) is 8.00. The van der Waals surface area contributed by atoms with Crippen LogP contribution in [0.1, 0.15) is 26.7 Å². The smallest absolute Gasteiger partial charge is 0.112 e. The second-order valence-corrected chi connectivity index (χ2v) is 25.1. The van der Waals surface area contributed by atoms with E-state index in [1.807, 2.05) is 0 Å². The summed E-state index contributed by atoms with van der Waals surface area (Å²) in [6.45, 7) is 4.68. The van der Waals surface area contributed by atoms with Crippen LogP contribution in [0.5, 0.6) is 0 Å². The van der Waals surface area contributed by atoms with Crippen molar-refractivity contribution in [3.8, 4) is 0 Å². The SMILES string of the molecule is CCC[Si]1(CCC)C[Si](Br)(Br)C1. The molecule has 1 aliphatic rings. The summed E-state index contributed by atoms with van der Waals surface area (Å²) in [7, 11) is -0.710. The first-order chi connectivity index (χ1) is 5.54. The van der Waals surface area contributed by atoms with Crippen LogP contribution in [0.15, 0.2) is 0 Å². The molecule has 0 unspecified atom stereocenters. The molecule has 4 heteroatoms. The third-order valence-electron chi connectivity index (χ3n) is 2.83. The van der Waals surface area contributed by atoms with Crippen molar-refractivity contribution in [1.82, 2.24) is 0 Å². The molecule has 1 heterocycles. The fourth-order valence-electron chi connectivity index (χ4n) is 2.58. The Morgan fingerprint density at radius 1 is 1.00 bits per heavy atom. The Hall–Kier alpha value is 1.39. The van der Waals surface area contributed by atoms with Gasteiger partial charge >= 0.3 is 0 Å². The molecule has 0 amide bonds. The quantitative estimate of drug-likeness (QED) is 0.523. The highest BCUT2D eigenvalue weighted by Crippen LogP contribution is 2.52. The molecule has 72 valence electrons. The highest BCUT2D eigenvalue weighted by Gasteiger charge is 2.53. The van der Waals surface area contributed by atoms with Crippen LogP contribution in [0.4, 0.5) is 0 Å². The van der Waals surface area contributed by atoms with Gasteiger partial charge in [0, 0.05) is 0 Å². The van der Waals surface area contributed by atoms with Crippen LogP contribution < -0.4 is 0 Å². The molecule has 0 bridgehead atoms. The standard InChI is InChI=1S/C8H18Br2Si2/c1-3-5-11(6-4-2)7-12(9,10)8-11/h3-8H2,1-2H3. The van der Waals surface area contributed by atoms with Gasteiger partial charge in [-0.05, 0) is 11.3 Å². The van der Waals surface area contributed by atoms with Crippen molar-refractivity contribution < 1.29 is 0 Å². The van der Waals surface area contributed by atoms with Gasteiger partial charge in [0.1, 0.15) is 0 Å². The summed E-state index contributed by atoms with van der Waals surface area (Å²) in [6.07, 6.45) is 2.83. The van der Waals surface area contributed by atoms with Gasteiger partial charge in [0.25, 0.3) is 0 Å². The number of halogens is 2. The lowest BCUT2D eigenvalue weighted by atomic mass is 10.6. The van der Waals surface area contributed by atoms with E-state index in [0.717, 1.165) is 0 Å². The van der Waals surface area contributed by atoms with Gasteiger partial charge in [-0.25, -0.2) is 0 Å². The van der Waals surface area contributed by atoms with Gasteiger partial charge in [0.2, 0.25) is 0 Å². The second-order valence-electron chi connectivity index (χ2n) is 4.21. The summed E-state index contributed by atoms with van der Waals surface area (Å²) in [4.78, 5) is 0. The van der Waals surface area contributed by atoms with Crippen molar-refractivity contribution in [3.63, 3.8) is 0 Å². The lowest BCUT2D eigenvalue weighted by Crippen LogP contribution is -2.56. The monoisotopic (exact) mass is 328 g/mol. The predicted octanol–water partition coefficient (Wildman–Crippen LogP) is 4.58. The fourth-order valence-corrected chi connectivity index (χ4v) is 37.6. The molecule has 0 atom stereocenters. The van der Waals surface area contributed by atoms with Crippen LogP contribution in [-0.4, -0.2) is 13.4 Å². The summed E-state index contributed by atoms with van der Waals surface area (Å²) in [5.74, 6) is 0. The van der Waals surface area contributed by atoms with Crippen molar-refractivity contribution >= 4 is 44.0 Å². The largest absolute Gasteiger partial charge is 0.196 e. The van der Waals surface area contributed by atoms with Gasteiger partial charge < -0.3 is 0 Å². The van der Waals surface area contributed by atoms with E-state index < -0.39 is 13.4 Å². The average Bonchev–Trinajstić information content (AvgIpc) is 1.83. The maximum Gasteiger partial charge on any atom is 0.196 e. The van der Waals surface area contributed by atoms with Crippen molar-refractivity contribution in [2.45, 2.75) is 50.1 Å². The van der Waals surface area contributed by atoms with E-state index in [-0.39, 0.29) is 0 Å². The molecule has 1 fully saturated rings. The Morgan fingerprint density at radius 3 is 1.67 bits per heavy atom. The van der Waals surface area contributed by atoms with Crippen LogP contribution in [0.25, 0.3) is 0 Å². The molecular weight excluding hydrogens is 312 g/mol. The molecule has 0 aromatic rings. The number of hydrogen-bond acceptors (Lipinski definition) is 0. The van der Waals surface area contributed by atoms with Gasteiger partial charge in [-0.15, -0.1) is 30.6 Å². The van der Waals surface area contributed by atoms with E-state index in [0.29, 0.717) is 0 Å². The Kier molecular flexibility index (Phi) is 4.09. The topological polar surface area (TPSA) is 0 Å². The predicted molar refractivity (Wildman–Crippen MR) is 69.2 cm³/mol. The van der Waals surface area contributed by atoms with Gasteiger partial charge in [-0.1, -0.05) is 38.8 Å². The molecule has 0 N–H and O–H groups in total. The summed E-state index contributed by atoms with van der Waals surface area (Å²) in [5, 5.41) is -0.974. The molecule has 0 aliphatic carbocycles. The fraction of sp³-hybridized carbons (Fsp3) is 1.00.